The number of ether oxygens (including phenoxy) is 1. The molecule has 0 spiro atoms. The highest BCUT2D eigenvalue weighted by Gasteiger charge is 2.18. The monoisotopic (exact) mass is 369 g/mol. The second kappa shape index (κ2) is 7.94. The van der Waals surface area contributed by atoms with Crippen LogP contribution < -0.4 is 10.1 Å². The standard InChI is InChI=1S/C15H13Cl2N3O4/c1-9(11-5-4-10(16)7-12(11)17)19-14(21)8-24-13-3-2-6-18-15(13)20(22)23/h2-7,9H,8H2,1H3,(H,19,21)/t9-/m1/s1. The van der Waals surface area contributed by atoms with Crippen molar-refractivity contribution in [2.75, 3.05) is 6.61 Å². The zero-order valence-electron chi connectivity index (χ0n) is 12.5. The predicted octanol–water partition coefficient (Wildman–Crippen LogP) is 3.55. The quantitative estimate of drug-likeness (QED) is 0.620. The van der Waals surface area contributed by atoms with Crippen molar-refractivity contribution in [1.29, 1.82) is 0 Å². The van der Waals surface area contributed by atoms with Crippen LogP contribution in [-0.4, -0.2) is 22.4 Å². The minimum atomic E-state index is -0.677. The molecule has 1 aromatic heterocycles. The third-order valence-corrected chi connectivity index (χ3v) is 3.65. The van der Waals surface area contributed by atoms with Gasteiger partial charge in [0.15, 0.2) is 6.61 Å². The van der Waals surface area contributed by atoms with Gasteiger partial charge in [-0.2, -0.15) is 0 Å². The van der Waals surface area contributed by atoms with Crippen molar-refractivity contribution in [2.45, 2.75) is 13.0 Å². The minimum absolute atomic E-state index is 0.0742. The van der Waals surface area contributed by atoms with Gasteiger partial charge in [-0.3, -0.25) is 4.79 Å². The number of aromatic nitrogens is 1. The van der Waals surface area contributed by atoms with Crippen molar-refractivity contribution < 1.29 is 14.5 Å². The summed E-state index contributed by atoms with van der Waals surface area (Å²) in [5.41, 5.74) is 0.696. The molecule has 126 valence electrons. The van der Waals surface area contributed by atoms with E-state index in [2.05, 4.69) is 10.3 Å². The van der Waals surface area contributed by atoms with Crippen LogP contribution in [0.5, 0.6) is 5.75 Å². The molecule has 0 aliphatic heterocycles. The third kappa shape index (κ3) is 4.56. The van der Waals surface area contributed by atoms with Gasteiger partial charge in [-0.1, -0.05) is 29.3 Å². The molecule has 2 aromatic rings. The first-order valence-corrected chi connectivity index (χ1v) is 7.60. The first-order valence-electron chi connectivity index (χ1n) is 6.85. The number of nitro groups is 1. The van der Waals surface area contributed by atoms with Gasteiger partial charge in [0, 0.05) is 10.0 Å². The van der Waals surface area contributed by atoms with E-state index in [9.17, 15) is 14.9 Å². The zero-order valence-corrected chi connectivity index (χ0v) is 14.0. The predicted molar refractivity (Wildman–Crippen MR) is 89.4 cm³/mol. The van der Waals surface area contributed by atoms with E-state index in [0.717, 1.165) is 0 Å². The molecule has 1 amide bonds. The van der Waals surface area contributed by atoms with Gasteiger partial charge in [0.25, 0.3) is 5.91 Å². The molecule has 1 atom stereocenters. The normalized spacial score (nSPS) is 11.6. The summed E-state index contributed by atoms with van der Waals surface area (Å²) in [7, 11) is 0. The summed E-state index contributed by atoms with van der Waals surface area (Å²) in [5, 5.41) is 14.4. The number of halogens is 2. The maximum absolute atomic E-state index is 12.0. The van der Waals surface area contributed by atoms with Crippen LogP contribution in [0, 0.1) is 10.1 Å². The minimum Gasteiger partial charge on any atom is -0.476 e. The number of pyridine rings is 1. The van der Waals surface area contributed by atoms with Crippen molar-refractivity contribution in [1.82, 2.24) is 10.3 Å². The van der Waals surface area contributed by atoms with Gasteiger partial charge in [-0.25, -0.2) is 0 Å². The number of benzene rings is 1. The van der Waals surface area contributed by atoms with Gasteiger partial charge in [0.05, 0.1) is 6.04 Å². The number of hydrogen-bond donors (Lipinski definition) is 1. The van der Waals surface area contributed by atoms with Crippen molar-refractivity contribution in [3.8, 4) is 5.75 Å². The highest BCUT2D eigenvalue weighted by atomic mass is 35.5. The first kappa shape index (κ1) is 18.0. The number of amides is 1. The molecule has 1 N–H and O–H groups in total. The summed E-state index contributed by atoms with van der Waals surface area (Å²) in [6.45, 7) is 1.36. The molecule has 0 aliphatic carbocycles. The van der Waals surface area contributed by atoms with Gasteiger partial charge >= 0.3 is 5.82 Å². The third-order valence-electron chi connectivity index (χ3n) is 3.09. The van der Waals surface area contributed by atoms with Gasteiger partial charge in [-0.15, -0.1) is 0 Å². The van der Waals surface area contributed by atoms with E-state index in [-0.39, 0.29) is 18.4 Å². The van der Waals surface area contributed by atoms with Gasteiger partial charge in [0.2, 0.25) is 5.75 Å². The molecular formula is C15H13Cl2N3O4. The molecule has 0 saturated carbocycles. The smallest absolute Gasteiger partial charge is 0.406 e. The second-order valence-corrected chi connectivity index (χ2v) is 5.67. The molecule has 0 unspecified atom stereocenters. The second-order valence-electron chi connectivity index (χ2n) is 4.83. The molecular weight excluding hydrogens is 357 g/mol. The first-order chi connectivity index (χ1) is 11.4. The molecule has 0 bridgehead atoms. The molecule has 7 nitrogen and oxygen atoms in total. The van der Waals surface area contributed by atoms with Crippen LogP contribution in [-0.2, 0) is 4.79 Å². The zero-order chi connectivity index (χ0) is 17.7. The van der Waals surface area contributed by atoms with E-state index in [1.54, 1.807) is 25.1 Å². The van der Waals surface area contributed by atoms with E-state index >= 15 is 0 Å². The largest absolute Gasteiger partial charge is 0.476 e. The number of rotatable bonds is 6. The number of nitrogens with one attached hydrogen (secondary N) is 1. The number of carbonyl (C=O) groups excluding carboxylic acids is 1. The molecule has 24 heavy (non-hydrogen) atoms. The Kier molecular flexibility index (Phi) is 5.94. The Morgan fingerprint density at radius 3 is 2.83 bits per heavy atom. The Balaban J connectivity index is 1.97. The molecule has 1 heterocycles. The molecule has 0 radical (unpaired) electrons. The summed E-state index contributed by atoms with van der Waals surface area (Å²) < 4.78 is 5.18. The number of hydrogen-bond acceptors (Lipinski definition) is 5. The fraction of sp³-hybridized carbons (Fsp3) is 0.200. The van der Waals surface area contributed by atoms with Crippen LogP contribution in [0.15, 0.2) is 36.5 Å². The fourth-order valence-electron chi connectivity index (χ4n) is 1.99. The van der Waals surface area contributed by atoms with E-state index < -0.39 is 16.6 Å². The Hall–Kier alpha value is -2.38. The van der Waals surface area contributed by atoms with Crippen LogP contribution >= 0.6 is 23.2 Å². The summed E-state index contributed by atoms with van der Waals surface area (Å²) in [5.74, 6) is -0.972. The maximum atomic E-state index is 12.0. The van der Waals surface area contributed by atoms with Crippen molar-refractivity contribution >= 4 is 34.9 Å². The van der Waals surface area contributed by atoms with Gasteiger partial charge in [0.1, 0.15) is 6.20 Å². The average molecular weight is 370 g/mol. The summed E-state index contributed by atoms with van der Waals surface area (Å²) in [4.78, 5) is 25.7. The molecule has 2 rings (SSSR count). The van der Waals surface area contributed by atoms with E-state index in [1.807, 2.05) is 0 Å². The van der Waals surface area contributed by atoms with Crippen LogP contribution in [0.4, 0.5) is 5.82 Å². The molecule has 1 aromatic carbocycles. The van der Waals surface area contributed by atoms with Crippen molar-refractivity contribution in [2.24, 2.45) is 0 Å². The molecule has 0 saturated heterocycles. The van der Waals surface area contributed by atoms with Crippen LogP contribution in [0.1, 0.15) is 18.5 Å². The van der Waals surface area contributed by atoms with Crippen molar-refractivity contribution in [3.05, 3.63) is 62.3 Å². The lowest BCUT2D eigenvalue weighted by Gasteiger charge is -2.16. The van der Waals surface area contributed by atoms with Crippen LogP contribution in [0.3, 0.4) is 0 Å². The highest BCUT2D eigenvalue weighted by Crippen LogP contribution is 2.26. The highest BCUT2D eigenvalue weighted by molar-refractivity contribution is 6.35. The summed E-state index contributed by atoms with van der Waals surface area (Å²) >= 11 is 11.9. The molecule has 0 aliphatic rings. The van der Waals surface area contributed by atoms with Gasteiger partial charge in [-0.05, 0) is 46.7 Å². The lowest BCUT2D eigenvalue weighted by Crippen LogP contribution is -2.31. The Labute approximate surface area is 147 Å². The van der Waals surface area contributed by atoms with Crippen LogP contribution in [0.25, 0.3) is 0 Å². The average Bonchev–Trinajstić information content (AvgIpc) is 2.52. The number of carbonyl (C=O) groups is 1. The molecule has 9 heteroatoms. The van der Waals surface area contributed by atoms with Crippen LogP contribution in [0.2, 0.25) is 10.0 Å². The van der Waals surface area contributed by atoms with E-state index in [1.165, 1.54) is 18.3 Å². The Morgan fingerprint density at radius 1 is 1.42 bits per heavy atom. The van der Waals surface area contributed by atoms with E-state index in [4.69, 9.17) is 27.9 Å². The van der Waals surface area contributed by atoms with Gasteiger partial charge < -0.3 is 20.2 Å². The Morgan fingerprint density at radius 2 is 2.17 bits per heavy atom. The molecule has 0 fully saturated rings. The lowest BCUT2D eigenvalue weighted by molar-refractivity contribution is -0.390. The summed E-state index contributed by atoms with van der Waals surface area (Å²) in [6, 6.07) is 7.43. The topological polar surface area (TPSA) is 94.4 Å². The summed E-state index contributed by atoms with van der Waals surface area (Å²) in [6.07, 6.45) is 1.27. The fourth-order valence-corrected chi connectivity index (χ4v) is 2.56. The van der Waals surface area contributed by atoms with Crippen molar-refractivity contribution in [3.63, 3.8) is 0 Å². The SMILES string of the molecule is C[C@@H](NC(=O)COc1cccnc1[N+](=O)[O-])c1ccc(Cl)cc1Cl. The Bertz CT molecular complexity index is 770. The maximum Gasteiger partial charge on any atom is 0.406 e. The van der Waals surface area contributed by atoms with E-state index in [0.29, 0.717) is 15.6 Å². The lowest BCUT2D eigenvalue weighted by atomic mass is 10.1. The number of nitrogens with zero attached hydrogens (tertiary/aromatic N) is 2.